The Morgan fingerprint density at radius 3 is 1.50 bits per heavy atom. The van der Waals surface area contributed by atoms with E-state index in [-0.39, 0.29) is 6.42 Å². The fourth-order valence-corrected chi connectivity index (χ4v) is 8.38. The number of hydrogen-bond donors (Lipinski definition) is 7. The predicted molar refractivity (Wildman–Crippen MR) is 247 cm³/mol. The van der Waals surface area contributed by atoms with Crippen molar-refractivity contribution in [2.75, 3.05) is 13.2 Å². The molecule has 1 heterocycles. The molecule has 13 nitrogen and oxygen atoms in total. The summed E-state index contributed by atoms with van der Waals surface area (Å²) >= 11 is 0. The second kappa shape index (κ2) is 38.8. The van der Waals surface area contributed by atoms with Crippen molar-refractivity contribution in [3.63, 3.8) is 0 Å². The smallest absolute Gasteiger partial charge is 0.394 e. The first-order valence-electron chi connectivity index (χ1n) is 24.8. The first kappa shape index (κ1) is 58.6. The largest absolute Gasteiger partial charge is 0.397 e. The molecule has 7 N–H and O–H groups in total. The van der Waals surface area contributed by atoms with Crippen molar-refractivity contribution in [3.05, 3.63) is 24.3 Å². The summed E-state index contributed by atoms with van der Waals surface area (Å²) in [5, 5.41) is 55.2. The molecular weight excluding hydrogens is 815 g/mol. The number of allylic oxidation sites excluding steroid dienone is 3. The van der Waals surface area contributed by atoms with Crippen LogP contribution in [0.15, 0.2) is 24.3 Å². The second-order valence-electron chi connectivity index (χ2n) is 17.5. The molecule has 0 radical (unpaired) electrons. The van der Waals surface area contributed by atoms with Gasteiger partial charge in [0.1, 0.15) is 30.5 Å². The number of aliphatic hydroxyl groups excluding tert-OH is 5. The summed E-state index contributed by atoms with van der Waals surface area (Å²) in [5.41, 5.74) is 0. The van der Waals surface area contributed by atoms with Crippen LogP contribution in [0.2, 0.25) is 0 Å². The summed E-state index contributed by atoms with van der Waals surface area (Å²) in [6, 6.07) is -1.12. The molecule has 1 aliphatic rings. The van der Waals surface area contributed by atoms with Gasteiger partial charge in [0.2, 0.25) is 5.91 Å². The molecule has 0 bridgehead atoms. The Balaban J connectivity index is 2.49. The van der Waals surface area contributed by atoms with E-state index in [9.17, 15) is 43.3 Å². The Labute approximate surface area is 376 Å². The van der Waals surface area contributed by atoms with Gasteiger partial charge in [-0.1, -0.05) is 192 Å². The van der Waals surface area contributed by atoms with E-state index in [1.807, 2.05) is 6.08 Å². The number of rotatable bonds is 42. The lowest BCUT2D eigenvalue weighted by molar-refractivity contribution is -0.298. The predicted octanol–water partition coefficient (Wildman–Crippen LogP) is 9.08. The maximum atomic E-state index is 13.1. The maximum absolute atomic E-state index is 13.1. The summed E-state index contributed by atoms with van der Waals surface area (Å²) in [6.07, 6.45) is 32.6. The monoisotopic (exact) mass is 906 g/mol. The molecular formula is C48H91NO12S. The van der Waals surface area contributed by atoms with Gasteiger partial charge in [-0.05, 0) is 44.9 Å². The van der Waals surface area contributed by atoms with E-state index in [2.05, 4.69) is 35.5 Å². The zero-order valence-corrected chi connectivity index (χ0v) is 39.6. The van der Waals surface area contributed by atoms with Crippen molar-refractivity contribution >= 4 is 16.3 Å². The van der Waals surface area contributed by atoms with Crippen molar-refractivity contribution in [2.45, 2.75) is 262 Å². The highest BCUT2D eigenvalue weighted by molar-refractivity contribution is 7.80. The first-order chi connectivity index (χ1) is 29.9. The Morgan fingerprint density at radius 1 is 0.645 bits per heavy atom. The number of amides is 1. The quantitative estimate of drug-likeness (QED) is 0.0174. The van der Waals surface area contributed by atoms with Crippen LogP contribution in [0.4, 0.5) is 0 Å². The van der Waals surface area contributed by atoms with Crippen LogP contribution >= 0.6 is 0 Å². The number of aliphatic hydroxyl groups is 5. The minimum atomic E-state index is -5.12. The molecule has 1 saturated heterocycles. The number of carbonyl (C=O) groups excluding carboxylic acids is 1. The molecule has 0 saturated carbocycles. The van der Waals surface area contributed by atoms with E-state index in [4.69, 9.17) is 9.47 Å². The summed E-state index contributed by atoms with van der Waals surface area (Å²) in [4.78, 5) is 13.1. The Hall–Kier alpha value is -1.46. The fraction of sp³-hybridized carbons (Fsp3) is 0.896. The van der Waals surface area contributed by atoms with Gasteiger partial charge in [0.25, 0.3) is 0 Å². The zero-order valence-electron chi connectivity index (χ0n) is 38.8. The average Bonchev–Trinajstić information content (AvgIpc) is 3.24. The van der Waals surface area contributed by atoms with Crippen LogP contribution in [0.25, 0.3) is 0 Å². The lowest BCUT2D eigenvalue weighted by Gasteiger charge is -2.41. The summed E-state index contributed by atoms with van der Waals surface area (Å²) in [5.74, 6) is -0.706. The van der Waals surface area contributed by atoms with Crippen molar-refractivity contribution in [3.8, 4) is 0 Å². The minimum Gasteiger partial charge on any atom is -0.394 e. The third-order valence-corrected chi connectivity index (χ3v) is 12.3. The molecule has 0 aromatic rings. The molecule has 0 aromatic carbocycles. The topological polar surface area (TPSA) is 212 Å². The van der Waals surface area contributed by atoms with Crippen LogP contribution in [0.3, 0.4) is 0 Å². The van der Waals surface area contributed by atoms with E-state index < -0.39 is 78.5 Å². The standard InChI is InChI=1S/C48H91NO12S/c1-3-5-7-9-11-13-15-17-18-19-20-21-22-23-24-25-27-29-31-33-35-37-42(52)47(55)49-40(41(51)36-34-32-30-28-26-16-14-12-10-8-6-4-2)39-59-48-45(54)46(61-62(56,57)58)44(53)43(38-50)60-48/h22-23,34,36,40-46,48,50-54H,3-21,24-33,35,37-39H2,1-2H3,(H,49,55)(H,56,57,58)/b23-22-,36-34+. The lowest BCUT2D eigenvalue weighted by Crippen LogP contribution is -2.61. The van der Waals surface area contributed by atoms with Gasteiger partial charge in [-0.15, -0.1) is 0 Å². The molecule has 1 fully saturated rings. The van der Waals surface area contributed by atoms with E-state index in [0.29, 0.717) is 12.8 Å². The second-order valence-corrected chi connectivity index (χ2v) is 18.6. The third kappa shape index (κ3) is 30.6. The Morgan fingerprint density at radius 2 is 1.06 bits per heavy atom. The van der Waals surface area contributed by atoms with Crippen LogP contribution in [0.5, 0.6) is 0 Å². The van der Waals surface area contributed by atoms with E-state index in [1.165, 1.54) is 128 Å². The highest BCUT2D eigenvalue weighted by Gasteiger charge is 2.48. The SMILES string of the molecule is CCCCCCCCCCCC/C=C/C(O)C(COC1OC(CO)C(O)C(OS(=O)(=O)O)C1O)NC(=O)C(O)CCCCCCCC/C=C\CCCCCCCCCCCCC. The fourth-order valence-electron chi connectivity index (χ4n) is 7.87. The van der Waals surface area contributed by atoms with E-state index in [1.54, 1.807) is 0 Å². The zero-order chi connectivity index (χ0) is 45.7. The Kier molecular flexibility index (Phi) is 36.6. The number of carbonyl (C=O) groups is 1. The molecule has 14 heteroatoms. The highest BCUT2D eigenvalue weighted by atomic mass is 32.3. The molecule has 0 aromatic heterocycles. The van der Waals surface area contributed by atoms with Crippen LogP contribution in [0, 0.1) is 0 Å². The van der Waals surface area contributed by atoms with Crippen molar-refractivity contribution in [1.29, 1.82) is 0 Å². The number of unbranched alkanes of at least 4 members (excludes halogenated alkanes) is 27. The van der Waals surface area contributed by atoms with E-state index in [0.717, 1.165) is 57.8 Å². The lowest BCUT2D eigenvalue weighted by atomic mass is 9.99. The number of ether oxygens (including phenoxy) is 2. The van der Waals surface area contributed by atoms with Crippen molar-refractivity contribution in [1.82, 2.24) is 5.32 Å². The van der Waals surface area contributed by atoms with Crippen LogP contribution < -0.4 is 5.32 Å². The van der Waals surface area contributed by atoms with E-state index >= 15 is 0 Å². The number of hydrogen-bond acceptors (Lipinski definition) is 11. The summed E-state index contributed by atoms with van der Waals surface area (Å²) in [7, 11) is -5.12. The maximum Gasteiger partial charge on any atom is 0.397 e. The van der Waals surface area contributed by atoms with Gasteiger partial charge in [-0.25, -0.2) is 4.18 Å². The summed E-state index contributed by atoms with van der Waals surface area (Å²) in [6.45, 7) is 3.21. The van der Waals surface area contributed by atoms with Crippen LogP contribution in [-0.2, 0) is 28.9 Å². The Bertz CT molecular complexity index is 1220. The van der Waals surface area contributed by atoms with Gasteiger partial charge in [0, 0.05) is 0 Å². The van der Waals surface area contributed by atoms with Gasteiger partial charge >= 0.3 is 10.4 Å². The molecule has 62 heavy (non-hydrogen) atoms. The van der Waals surface area contributed by atoms with Gasteiger partial charge in [0.05, 0.1) is 25.4 Å². The first-order valence-corrected chi connectivity index (χ1v) is 26.2. The molecule has 0 aliphatic carbocycles. The molecule has 8 atom stereocenters. The number of nitrogens with one attached hydrogen (secondary N) is 1. The molecule has 1 amide bonds. The van der Waals surface area contributed by atoms with Crippen molar-refractivity contribution < 1.29 is 57.0 Å². The van der Waals surface area contributed by atoms with Gasteiger partial charge in [-0.3, -0.25) is 9.35 Å². The highest BCUT2D eigenvalue weighted by Crippen LogP contribution is 2.26. The molecule has 0 spiro atoms. The molecule has 1 rings (SSSR count). The molecule has 8 unspecified atom stereocenters. The minimum absolute atomic E-state index is 0.237. The van der Waals surface area contributed by atoms with Crippen LogP contribution in [-0.4, -0.2) is 107 Å². The molecule has 1 aliphatic heterocycles. The summed E-state index contributed by atoms with van der Waals surface area (Å²) < 4.78 is 47.5. The van der Waals surface area contributed by atoms with Gasteiger partial charge < -0.3 is 40.3 Å². The molecule has 366 valence electrons. The third-order valence-electron chi connectivity index (χ3n) is 11.8. The van der Waals surface area contributed by atoms with Gasteiger partial charge in [0.15, 0.2) is 6.29 Å². The average molecular weight is 906 g/mol. The normalized spacial score (nSPS) is 21.2. The van der Waals surface area contributed by atoms with Crippen LogP contribution in [0.1, 0.15) is 213 Å². The van der Waals surface area contributed by atoms with Crippen molar-refractivity contribution in [2.24, 2.45) is 0 Å². The van der Waals surface area contributed by atoms with Gasteiger partial charge in [-0.2, -0.15) is 8.42 Å².